The summed E-state index contributed by atoms with van der Waals surface area (Å²) >= 11 is 0. The van der Waals surface area contributed by atoms with Gasteiger partial charge in [0.25, 0.3) is 0 Å². The van der Waals surface area contributed by atoms with Crippen molar-refractivity contribution >= 4 is 11.9 Å². The number of nitrogens with zero attached hydrogens (tertiary/aromatic N) is 1. The number of nitrogens with one attached hydrogen (secondary N) is 1. The predicted octanol–water partition coefficient (Wildman–Crippen LogP) is 6.19. The second kappa shape index (κ2) is 16.5. The molecule has 3 N–H and O–H groups in total. The third-order valence-corrected chi connectivity index (χ3v) is 9.91. The van der Waals surface area contributed by atoms with Crippen LogP contribution in [0.3, 0.4) is 0 Å². The molecule has 51 heavy (non-hydrogen) atoms. The molecular formula is C41H46N2O8. The van der Waals surface area contributed by atoms with Gasteiger partial charge >= 0.3 is 5.97 Å². The van der Waals surface area contributed by atoms with Gasteiger partial charge in [-0.25, -0.2) is 0 Å². The van der Waals surface area contributed by atoms with Crippen LogP contribution in [0.25, 0.3) is 11.1 Å². The van der Waals surface area contributed by atoms with Crippen LogP contribution in [0, 0.1) is 5.92 Å². The number of fused-ring (bicyclic) bond motifs is 1. The van der Waals surface area contributed by atoms with Gasteiger partial charge in [0.2, 0.25) is 5.91 Å². The zero-order valence-corrected chi connectivity index (χ0v) is 29.3. The van der Waals surface area contributed by atoms with Crippen molar-refractivity contribution in [3.05, 3.63) is 118 Å². The highest BCUT2D eigenvalue weighted by molar-refractivity contribution is 5.81. The molecule has 2 aliphatic rings. The van der Waals surface area contributed by atoms with Crippen LogP contribution in [-0.4, -0.2) is 60.4 Å². The van der Waals surface area contributed by atoms with Gasteiger partial charge in [0.05, 0.1) is 39.5 Å². The van der Waals surface area contributed by atoms with E-state index in [0.717, 1.165) is 70.9 Å². The minimum atomic E-state index is -0.997. The van der Waals surface area contributed by atoms with Gasteiger partial charge in [-0.1, -0.05) is 79.7 Å². The van der Waals surface area contributed by atoms with Gasteiger partial charge in [-0.05, 0) is 57.5 Å². The van der Waals surface area contributed by atoms with Crippen LogP contribution in [0.1, 0.15) is 65.5 Å². The fourth-order valence-corrected chi connectivity index (χ4v) is 6.96. The number of carbonyl (C=O) groups is 2. The van der Waals surface area contributed by atoms with Crippen molar-refractivity contribution in [1.29, 1.82) is 0 Å². The molecule has 0 saturated carbocycles. The quantitative estimate of drug-likeness (QED) is 0.150. The van der Waals surface area contributed by atoms with Gasteiger partial charge < -0.3 is 34.5 Å². The van der Waals surface area contributed by atoms with E-state index in [1.807, 2.05) is 72.8 Å². The van der Waals surface area contributed by atoms with E-state index in [9.17, 15) is 14.7 Å². The smallest absolute Gasteiger partial charge is 0.303 e. The first-order valence-electron chi connectivity index (χ1n) is 17.4. The van der Waals surface area contributed by atoms with E-state index in [4.69, 9.17) is 24.1 Å². The fourth-order valence-electron chi connectivity index (χ4n) is 6.96. The van der Waals surface area contributed by atoms with Gasteiger partial charge in [0, 0.05) is 44.1 Å². The van der Waals surface area contributed by atoms with Crippen molar-refractivity contribution in [2.75, 3.05) is 27.3 Å². The number of aliphatic carboxylic acids is 1. The van der Waals surface area contributed by atoms with Gasteiger partial charge in [-0.3, -0.25) is 14.5 Å². The lowest BCUT2D eigenvalue weighted by Crippen LogP contribution is -2.45. The normalized spacial score (nSPS) is 20.3. The molecule has 4 aromatic rings. The summed E-state index contributed by atoms with van der Waals surface area (Å²) in [5.74, 6) is 0.227. The van der Waals surface area contributed by atoms with Crippen LogP contribution in [0.2, 0.25) is 0 Å². The molecule has 1 saturated heterocycles. The Hall–Kier alpha value is -4.74. The lowest BCUT2D eigenvalue weighted by atomic mass is 9.89. The Balaban J connectivity index is 1.21. The van der Waals surface area contributed by atoms with E-state index in [1.165, 1.54) is 11.1 Å². The maximum atomic E-state index is 12.2. The zero-order chi connectivity index (χ0) is 35.9. The van der Waals surface area contributed by atoms with E-state index in [-0.39, 0.29) is 43.5 Å². The molecule has 10 heteroatoms. The Kier molecular flexibility index (Phi) is 11.7. The van der Waals surface area contributed by atoms with Crippen molar-refractivity contribution in [1.82, 2.24) is 10.2 Å². The number of rotatable bonds is 13. The zero-order valence-electron chi connectivity index (χ0n) is 29.3. The Morgan fingerprint density at radius 3 is 2.25 bits per heavy atom. The van der Waals surface area contributed by atoms with E-state index in [0.29, 0.717) is 6.54 Å². The van der Waals surface area contributed by atoms with Gasteiger partial charge in [-0.2, -0.15) is 0 Å². The molecule has 2 aliphatic heterocycles. The highest BCUT2D eigenvalue weighted by atomic mass is 16.7. The van der Waals surface area contributed by atoms with Crippen LogP contribution >= 0.6 is 0 Å². The summed E-state index contributed by atoms with van der Waals surface area (Å²) in [4.78, 5) is 25.5. The van der Waals surface area contributed by atoms with Crippen molar-refractivity contribution in [3.63, 3.8) is 0 Å². The number of aliphatic hydroxyl groups is 1. The molecule has 0 unspecified atom stereocenters. The van der Waals surface area contributed by atoms with Gasteiger partial charge in [-0.15, -0.1) is 0 Å². The number of benzene rings is 4. The molecule has 0 bridgehead atoms. The minimum absolute atomic E-state index is 0.0185. The molecule has 10 nitrogen and oxygen atoms in total. The lowest BCUT2D eigenvalue weighted by Gasteiger charge is -2.43. The molecule has 4 aromatic carbocycles. The van der Waals surface area contributed by atoms with E-state index < -0.39 is 12.3 Å². The van der Waals surface area contributed by atoms with Gasteiger partial charge in [0.1, 0.15) is 0 Å². The van der Waals surface area contributed by atoms with E-state index in [2.05, 4.69) is 29.3 Å². The first-order valence-corrected chi connectivity index (χ1v) is 17.4. The van der Waals surface area contributed by atoms with Crippen molar-refractivity contribution in [3.8, 4) is 22.6 Å². The Labute approximate surface area is 298 Å². The number of hydrogen-bond donors (Lipinski definition) is 3. The second-order valence-corrected chi connectivity index (χ2v) is 13.2. The molecule has 268 valence electrons. The van der Waals surface area contributed by atoms with Crippen LogP contribution in [0.4, 0.5) is 0 Å². The molecule has 0 aliphatic carbocycles. The average molecular weight is 695 g/mol. The standard InChI is InChI=1S/C41H46N2O8/c1-26-37(24-43-19-18-31-20-35(48-2)36(49-3)21-33(31)23-43)50-41(51-40(26)29-10-8-27(25-44)9-11-29)30-14-12-28(13-15-30)34-7-5-4-6-32(34)22-42-38(45)16-17-39(46)47/h4-15,20-21,26,37,40-41,44H,16-19,22-25H2,1-3H3,(H,42,45)(H,46,47)/t26-,37+,40+,41+/m0/s1. The summed E-state index contributed by atoms with van der Waals surface area (Å²) in [6, 6.07) is 28.1. The Morgan fingerprint density at radius 1 is 0.882 bits per heavy atom. The number of carboxylic acids is 1. The first-order chi connectivity index (χ1) is 24.8. The van der Waals surface area contributed by atoms with Crippen LogP contribution in [0.15, 0.2) is 84.9 Å². The number of hydrogen-bond acceptors (Lipinski definition) is 8. The van der Waals surface area contributed by atoms with Crippen molar-refractivity contribution in [2.24, 2.45) is 5.92 Å². The summed E-state index contributed by atoms with van der Waals surface area (Å²) in [6.07, 6.45) is -0.322. The molecule has 6 rings (SSSR count). The highest BCUT2D eigenvalue weighted by Crippen LogP contribution is 2.43. The molecule has 4 atom stereocenters. The van der Waals surface area contributed by atoms with E-state index >= 15 is 0 Å². The van der Waals surface area contributed by atoms with Crippen LogP contribution in [-0.2, 0) is 45.2 Å². The molecule has 1 amide bonds. The largest absolute Gasteiger partial charge is 0.493 e. The first kappa shape index (κ1) is 36.1. The number of ether oxygens (including phenoxy) is 4. The number of aliphatic hydroxyl groups excluding tert-OH is 1. The summed E-state index contributed by atoms with van der Waals surface area (Å²) in [6.45, 7) is 4.85. The maximum Gasteiger partial charge on any atom is 0.303 e. The van der Waals surface area contributed by atoms with Crippen molar-refractivity contribution < 1.29 is 38.7 Å². The second-order valence-electron chi connectivity index (χ2n) is 13.2. The Bertz CT molecular complexity index is 1810. The highest BCUT2D eigenvalue weighted by Gasteiger charge is 2.39. The number of amides is 1. The molecule has 0 radical (unpaired) electrons. The number of carboxylic acid groups (broad SMARTS) is 1. The van der Waals surface area contributed by atoms with Gasteiger partial charge in [0.15, 0.2) is 17.8 Å². The van der Waals surface area contributed by atoms with Crippen molar-refractivity contribution in [2.45, 2.75) is 64.4 Å². The monoisotopic (exact) mass is 694 g/mol. The predicted molar refractivity (Wildman–Crippen MR) is 192 cm³/mol. The number of carbonyl (C=O) groups excluding carboxylic acids is 1. The maximum absolute atomic E-state index is 12.2. The lowest BCUT2D eigenvalue weighted by molar-refractivity contribution is -0.276. The van der Waals surface area contributed by atoms with E-state index in [1.54, 1.807) is 14.2 Å². The molecule has 0 spiro atoms. The Morgan fingerprint density at radius 2 is 1.57 bits per heavy atom. The topological polar surface area (TPSA) is 127 Å². The third kappa shape index (κ3) is 8.60. The third-order valence-electron chi connectivity index (χ3n) is 9.91. The molecular weight excluding hydrogens is 648 g/mol. The summed E-state index contributed by atoms with van der Waals surface area (Å²) in [5, 5.41) is 21.4. The average Bonchev–Trinajstić information content (AvgIpc) is 3.16. The fraction of sp³-hybridized carbons (Fsp3) is 0.366. The summed E-state index contributed by atoms with van der Waals surface area (Å²) < 4.78 is 24.7. The molecule has 2 heterocycles. The van der Waals surface area contributed by atoms with Crippen LogP contribution in [0.5, 0.6) is 11.5 Å². The molecule has 1 fully saturated rings. The number of methoxy groups -OCH3 is 2. The summed E-state index contributed by atoms with van der Waals surface area (Å²) in [7, 11) is 3.32. The minimum Gasteiger partial charge on any atom is -0.493 e. The summed E-state index contributed by atoms with van der Waals surface area (Å²) in [5.41, 5.74) is 8.16. The SMILES string of the molecule is COc1cc2c(cc1OC)CN(C[C@H]1O[C@@H](c3ccc(-c4ccccc4CNC(=O)CCC(=O)O)cc3)O[C@@H](c3ccc(CO)cc3)[C@H]1C)CC2. The molecule has 0 aromatic heterocycles. The van der Waals surface area contributed by atoms with Crippen LogP contribution < -0.4 is 14.8 Å².